The fraction of sp³-hybridized carbons (Fsp3) is 0.300. The van der Waals surface area contributed by atoms with Crippen molar-refractivity contribution in [2.45, 2.75) is 32.7 Å². The summed E-state index contributed by atoms with van der Waals surface area (Å²) in [5.41, 5.74) is 2.48. The van der Waals surface area contributed by atoms with Gasteiger partial charge in [-0.25, -0.2) is 4.68 Å². The van der Waals surface area contributed by atoms with E-state index < -0.39 is 0 Å². The summed E-state index contributed by atoms with van der Waals surface area (Å²) in [5, 5.41) is 10.9. The summed E-state index contributed by atoms with van der Waals surface area (Å²) in [6, 6.07) is 11.4. The third kappa shape index (κ3) is 3.66. The van der Waals surface area contributed by atoms with E-state index in [9.17, 15) is 9.59 Å². The molecule has 4 rings (SSSR count). The van der Waals surface area contributed by atoms with Crippen LogP contribution in [0.2, 0.25) is 0 Å². The maximum atomic E-state index is 12.6. The van der Waals surface area contributed by atoms with Crippen LogP contribution >= 0.6 is 0 Å². The maximum absolute atomic E-state index is 12.6. The molecule has 3 aromatic rings. The number of nitrogens with zero attached hydrogens (tertiary/aromatic N) is 4. The minimum absolute atomic E-state index is 0.0668. The van der Waals surface area contributed by atoms with Crippen molar-refractivity contribution in [3.05, 3.63) is 48.3 Å². The number of hydrogen-bond donors (Lipinski definition) is 1. The van der Waals surface area contributed by atoms with Crippen LogP contribution in [0.1, 0.15) is 25.0 Å². The molecule has 2 aromatic heterocycles. The number of anilines is 2. The zero-order valence-electron chi connectivity index (χ0n) is 15.6. The highest BCUT2D eigenvalue weighted by atomic mass is 16.5. The lowest BCUT2D eigenvalue weighted by atomic mass is 10.1. The monoisotopic (exact) mass is 379 g/mol. The van der Waals surface area contributed by atoms with Gasteiger partial charge in [0.25, 0.3) is 0 Å². The molecule has 1 aromatic carbocycles. The Bertz CT molecular complexity index is 992. The molecular formula is C20H21N5O3. The first-order valence-corrected chi connectivity index (χ1v) is 9.26. The number of rotatable bonds is 5. The Kier molecular flexibility index (Phi) is 4.92. The Morgan fingerprint density at radius 1 is 1.18 bits per heavy atom. The Morgan fingerprint density at radius 3 is 2.82 bits per heavy atom. The van der Waals surface area contributed by atoms with Gasteiger partial charge in [-0.2, -0.15) is 5.10 Å². The van der Waals surface area contributed by atoms with Gasteiger partial charge in [0, 0.05) is 32.0 Å². The molecule has 0 radical (unpaired) electrons. The first kappa shape index (κ1) is 18.0. The Labute approximate surface area is 162 Å². The van der Waals surface area contributed by atoms with E-state index >= 15 is 0 Å². The van der Waals surface area contributed by atoms with Gasteiger partial charge in [0.15, 0.2) is 0 Å². The molecule has 0 aliphatic carbocycles. The highest BCUT2D eigenvalue weighted by Gasteiger charge is 2.24. The number of aryl methyl sites for hydroxylation is 2. The summed E-state index contributed by atoms with van der Waals surface area (Å²) < 4.78 is 7.02. The van der Waals surface area contributed by atoms with Gasteiger partial charge in [0.1, 0.15) is 5.82 Å². The number of amides is 2. The molecule has 0 fully saturated rings. The second kappa shape index (κ2) is 7.67. The van der Waals surface area contributed by atoms with Gasteiger partial charge in [0.2, 0.25) is 17.7 Å². The summed E-state index contributed by atoms with van der Waals surface area (Å²) in [6.07, 6.45) is 2.60. The molecule has 0 atom stereocenters. The van der Waals surface area contributed by atoms with Crippen molar-refractivity contribution >= 4 is 23.5 Å². The van der Waals surface area contributed by atoms with E-state index in [0.717, 1.165) is 30.0 Å². The van der Waals surface area contributed by atoms with Crippen LogP contribution in [-0.4, -0.2) is 33.3 Å². The minimum atomic E-state index is -0.288. The van der Waals surface area contributed by atoms with Crippen molar-refractivity contribution in [1.29, 1.82) is 0 Å². The van der Waals surface area contributed by atoms with Crippen molar-refractivity contribution in [1.82, 2.24) is 14.9 Å². The molecule has 3 heterocycles. The highest BCUT2D eigenvalue weighted by molar-refractivity contribution is 5.98. The van der Waals surface area contributed by atoms with Gasteiger partial charge in [-0.15, -0.1) is 0 Å². The summed E-state index contributed by atoms with van der Waals surface area (Å²) >= 11 is 0. The third-order valence-corrected chi connectivity index (χ3v) is 4.68. The number of nitrogens with one attached hydrogen (secondary N) is 1. The maximum Gasteiger partial charge on any atom is 0.239 e. The normalized spacial score (nSPS) is 13.2. The molecule has 0 spiro atoms. The zero-order valence-corrected chi connectivity index (χ0v) is 15.6. The Morgan fingerprint density at radius 2 is 2.00 bits per heavy atom. The number of fused-ring (bicyclic) bond motifs is 1. The first-order chi connectivity index (χ1) is 13.6. The van der Waals surface area contributed by atoms with Crippen molar-refractivity contribution in [2.75, 3.05) is 16.8 Å². The van der Waals surface area contributed by atoms with Crippen molar-refractivity contribution in [3.63, 3.8) is 0 Å². The van der Waals surface area contributed by atoms with Crippen LogP contribution in [0.25, 0.3) is 11.1 Å². The minimum Gasteiger partial charge on any atom is -0.338 e. The molecule has 2 amide bonds. The summed E-state index contributed by atoms with van der Waals surface area (Å²) in [4.78, 5) is 26.7. The van der Waals surface area contributed by atoms with Gasteiger partial charge in [-0.05, 0) is 18.9 Å². The molecule has 1 N–H and O–H groups in total. The molecule has 144 valence electrons. The van der Waals surface area contributed by atoms with E-state index in [4.69, 9.17) is 4.52 Å². The van der Waals surface area contributed by atoms with Gasteiger partial charge in [-0.3, -0.25) is 19.8 Å². The second-order valence-corrected chi connectivity index (χ2v) is 6.75. The average Bonchev–Trinajstić information content (AvgIpc) is 3.31. The van der Waals surface area contributed by atoms with Crippen molar-refractivity contribution in [2.24, 2.45) is 0 Å². The third-order valence-electron chi connectivity index (χ3n) is 4.68. The average molecular weight is 379 g/mol. The quantitative estimate of drug-likeness (QED) is 0.735. The second-order valence-electron chi connectivity index (χ2n) is 6.75. The van der Waals surface area contributed by atoms with E-state index in [0.29, 0.717) is 12.1 Å². The fourth-order valence-corrected chi connectivity index (χ4v) is 3.36. The van der Waals surface area contributed by atoms with E-state index in [-0.39, 0.29) is 30.5 Å². The molecule has 1 aliphatic heterocycles. The van der Waals surface area contributed by atoms with E-state index in [1.54, 1.807) is 11.1 Å². The van der Waals surface area contributed by atoms with E-state index in [2.05, 4.69) is 15.6 Å². The lowest BCUT2D eigenvalue weighted by Crippen LogP contribution is -2.37. The van der Waals surface area contributed by atoms with Crippen LogP contribution in [0.3, 0.4) is 0 Å². The van der Waals surface area contributed by atoms with Crippen LogP contribution in [0, 0.1) is 6.92 Å². The molecule has 1 aliphatic rings. The van der Waals surface area contributed by atoms with Gasteiger partial charge >= 0.3 is 0 Å². The summed E-state index contributed by atoms with van der Waals surface area (Å²) in [7, 11) is 0. The topological polar surface area (TPSA) is 93.3 Å². The molecule has 28 heavy (non-hydrogen) atoms. The molecule has 8 nitrogen and oxygen atoms in total. The molecule has 0 saturated carbocycles. The number of carbonyl (C=O) groups is 2. The highest BCUT2D eigenvalue weighted by Crippen LogP contribution is 2.28. The lowest BCUT2D eigenvalue weighted by Gasteiger charge is -2.27. The van der Waals surface area contributed by atoms with Crippen LogP contribution in [-0.2, 0) is 16.1 Å². The van der Waals surface area contributed by atoms with E-state index in [1.807, 2.05) is 48.0 Å². The molecule has 0 bridgehead atoms. The predicted molar refractivity (Wildman–Crippen MR) is 104 cm³/mol. The van der Waals surface area contributed by atoms with Crippen molar-refractivity contribution in [3.8, 4) is 11.1 Å². The Hall–Kier alpha value is -3.42. The standard InChI is InChI=1S/C20H21N5O3/c1-14-12-18-24(10-5-11-25(18)23-14)19(27)9-8-17(26)22-20-16(13-21-28-20)15-6-3-2-4-7-15/h2-4,6-7,12-13H,5,8-11H2,1H3,(H,22,26). The molecule has 0 unspecified atom stereocenters. The number of aromatic nitrogens is 3. The molecule has 0 saturated heterocycles. The summed E-state index contributed by atoms with van der Waals surface area (Å²) in [5.74, 6) is 0.715. The number of carbonyl (C=O) groups excluding carboxylic acids is 2. The van der Waals surface area contributed by atoms with E-state index in [1.165, 1.54) is 0 Å². The zero-order chi connectivity index (χ0) is 19.5. The molecular weight excluding hydrogens is 358 g/mol. The fourth-order valence-electron chi connectivity index (χ4n) is 3.36. The van der Waals surface area contributed by atoms with Crippen LogP contribution in [0.5, 0.6) is 0 Å². The number of hydrogen-bond acceptors (Lipinski definition) is 5. The van der Waals surface area contributed by atoms with Gasteiger partial charge in [0.05, 0.1) is 17.5 Å². The summed E-state index contributed by atoms with van der Waals surface area (Å²) in [6.45, 7) is 3.36. The lowest BCUT2D eigenvalue weighted by molar-refractivity contribution is -0.122. The van der Waals surface area contributed by atoms with Gasteiger partial charge in [-0.1, -0.05) is 35.5 Å². The number of benzene rings is 1. The smallest absolute Gasteiger partial charge is 0.239 e. The van der Waals surface area contributed by atoms with Crippen LogP contribution in [0.4, 0.5) is 11.7 Å². The predicted octanol–water partition coefficient (Wildman–Crippen LogP) is 3.00. The first-order valence-electron chi connectivity index (χ1n) is 9.26. The van der Waals surface area contributed by atoms with Crippen LogP contribution < -0.4 is 10.2 Å². The van der Waals surface area contributed by atoms with Gasteiger partial charge < -0.3 is 4.52 Å². The SMILES string of the molecule is Cc1cc2n(n1)CCCN2C(=O)CCC(=O)Nc1oncc1-c1ccccc1. The van der Waals surface area contributed by atoms with Crippen LogP contribution in [0.15, 0.2) is 47.1 Å². The largest absolute Gasteiger partial charge is 0.338 e. The molecule has 8 heteroatoms. The Balaban J connectivity index is 1.37. The van der Waals surface area contributed by atoms with Crippen molar-refractivity contribution < 1.29 is 14.1 Å².